The first-order chi connectivity index (χ1) is 14.3. The highest BCUT2D eigenvalue weighted by atomic mass is 19.4. The summed E-state index contributed by atoms with van der Waals surface area (Å²) in [7, 11) is 1.51. The van der Waals surface area contributed by atoms with Crippen molar-refractivity contribution >= 4 is 5.91 Å². The Morgan fingerprint density at radius 1 is 1.20 bits per heavy atom. The number of rotatable bonds is 6. The van der Waals surface area contributed by atoms with Crippen LogP contribution in [0.2, 0.25) is 0 Å². The number of hydrogen-bond donors (Lipinski definition) is 1. The Morgan fingerprint density at radius 3 is 2.50 bits per heavy atom. The lowest BCUT2D eigenvalue weighted by Crippen LogP contribution is -2.41. The van der Waals surface area contributed by atoms with E-state index in [1.807, 2.05) is 6.92 Å². The highest BCUT2D eigenvalue weighted by molar-refractivity contribution is 5.94. The molecule has 1 saturated carbocycles. The monoisotopic (exact) mass is 421 g/mol. The molecule has 8 heteroatoms. The number of alkyl halides is 3. The largest absolute Gasteiger partial charge is 0.481 e. The highest BCUT2D eigenvalue weighted by Gasteiger charge is 2.33. The van der Waals surface area contributed by atoms with Crippen molar-refractivity contribution in [3.63, 3.8) is 0 Å². The van der Waals surface area contributed by atoms with Crippen LogP contribution < -0.4 is 10.1 Å². The van der Waals surface area contributed by atoms with Gasteiger partial charge >= 0.3 is 6.18 Å². The van der Waals surface area contributed by atoms with Crippen molar-refractivity contribution in [3.05, 3.63) is 53.5 Å². The first-order valence-electron chi connectivity index (χ1n) is 10.2. The number of pyridine rings is 2. The Balaban J connectivity index is 1.59. The van der Waals surface area contributed by atoms with Gasteiger partial charge in [0, 0.05) is 36.1 Å². The predicted molar refractivity (Wildman–Crippen MR) is 106 cm³/mol. The maximum absolute atomic E-state index is 13.0. The molecule has 30 heavy (non-hydrogen) atoms. The fourth-order valence-electron chi connectivity index (χ4n) is 4.11. The zero-order valence-corrected chi connectivity index (χ0v) is 17.1. The van der Waals surface area contributed by atoms with E-state index in [1.165, 1.54) is 25.6 Å². The minimum atomic E-state index is -4.36. The van der Waals surface area contributed by atoms with Crippen molar-refractivity contribution in [1.29, 1.82) is 0 Å². The van der Waals surface area contributed by atoms with Crippen LogP contribution in [0.5, 0.6) is 5.88 Å². The first-order valence-corrected chi connectivity index (χ1v) is 10.2. The van der Waals surface area contributed by atoms with E-state index < -0.39 is 11.7 Å². The van der Waals surface area contributed by atoms with Crippen molar-refractivity contribution in [2.24, 2.45) is 5.92 Å². The van der Waals surface area contributed by atoms with Crippen LogP contribution in [0, 0.1) is 5.92 Å². The van der Waals surface area contributed by atoms with Gasteiger partial charge < -0.3 is 10.1 Å². The van der Waals surface area contributed by atoms with Gasteiger partial charge in [-0.15, -0.1) is 0 Å². The SMILES string of the molecule is CC[C@H](NC(=O)c1ccc(OC)nc1)[C@H]1CC[C@@H](c2cc(C(F)(F)F)ccn2)CC1. The molecule has 1 fully saturated rings. The summed E-state index contributed by atoms with van der Waals surface area (Å²) in [6.07, 6.45) is 2.34. The number of carbonyl (C=O) groups is 1. The minimum absolute atomic E-state index is 0.00928. The maximum atomic E-state index is 13.0. The van der Waals surface area contributed by atoms with Gasteiger partial charge in [-0.05, 0) is 56.2 Å². The van der Waals surface area contributed by atoms with Crippen LogP contribution in [0.4, 0.5) is 13.2 Å². The van der Waals surface area contributed by atoms with Crippen molar-refractivity contribution < 1.29 is 22.7 Å². The smallest absolute Gasteiger partial charge is 0.416 e. The number of carbonyl (C=O) groups excluding carboxylic acids is 1. The molecule has 0 spiro atoms. The minimum Gasteiger partial charge on any atom is -0.481 e. The molecular formula is C22H26F3N3O2. The lowest BCUT2D eigenvalue weighted by atomic mass is 9.76. The first kappa shape index (κ1) is 22.1. The lowest BCUT2D eigenvalue weighted by molar-refractivity contribution is -0.137. The van der Waals surface area contributed by atoms with Crippen LogP contribution in [0.15, 0.2) is 36.7 Å². The summed E-state index contributed by atoms with van der Waals surface area (Å²) in [6.45, 7) is 2.03. The fraction of sp³-hybridized carbons (Fsp3) is 0.500. The molecule has 2 aromatic rings. The van der Waals surface area contributed by atoms with Gasteiger partial charge in [0.15, 0.2) is 0 Å². The molecule has 1 atom stereocenters. The topological polar surface area (TPSA) is 64.1 Å². The van der Waals surface area contributed by atoms with Crippen LogP contribution in [0.25, 0.3) is 0 Å². The molecule has 0 unspecified atom stereocenters. The number of nitrogens with one attached hydrogen (secondary N) is 1. The van der Waals surface area contributed by atoms with Gasteiger partial charge in [-0.25, -0.2) is 4.98 Å². The van der Waals surface area contributed by atoms with E-state index in [4.69, 9.17) is 4.74 Å². The summed E-state index contributed by atoms with van der Waals surface area (Å²) < 4.78 is 43.9. The Kier molecular flexibility index (Phi) is 6.95. The van der Waals surface area contributed by atoms with Crippen LogP contribution in [0.1, 0.15) is 66.6 Å². The second-order valence-electron chi connectivity index (χ2n) is 7.66. The van der Waals surface area contributed by atoms with Gasteiger partial charge in [0.25, 0.3) is 5.91 Å². The Labute approximate surface area is 174 Å². The molecule has 0 bridgehead atoms. The van der Waals surface area contributed by atoms with Gasteiger partial charge in [-0.1, -0.05) is 6.92 Å². The van der Waals surface area contributed by atoms with E-state index >= 15 is 0 Å². The van der Waals surface area contributed by atoms with E-state index in [-0.39, 0.29) is 23.8 Å². The molecule has 3 rings (SSSR count). The van der Waals surface area contributed by atoms with Crippen molar-refractivity contribution in [2.75, 3.05) is 7.11 Å². The summed E-state index contributed by atoms with van der Waals surface area (Å²) in [4.78, 5) is 20.8. The van der Waals surface area contributed by atoms with E-state index in [0.29, 0.717) is 17.1 Å². The zero-order valence-electron chi connectivity index (χ0n) is 17.1. The molecule has 5 nitrogen and oxygen atoms in total. The van der Waals surface area contributed by atoms with Gasteiger partial charge in [0.1, 0.15) is 0 Å². The summed E-state index contributed by atoms with van der Waals surface area (Å²) in [5.74, 6) is 0.563. The molecule has 1 N–H and O–H groups in total. The number of methoxy groups -OCH3 is 1. The Hall–Kier alpha value is -2.64. The average molecular weight is 421 g/mol. The van der Waals surface area contributed by atoms with Gasteiger partial charge in [-0.2, -0.15) is 13.2 Å². The number of nitrogens with zero attached hydrogens (tertiary/aromatic N) is 2. The van der Waals surface area contributed by atoms with E-state index in [2.05, 4.69) is 15.3 Å². The Bertz CT molecular complexity index is 847. The second-order valence-corrected chi connectivity index (χ2v) is 7.66. The molecule has 0 aliphatic heterocycles. The van der Waals surface area contributed by atoms with E-state index in [9.17, 15) is 18.0 Å². The quantitative estimate of drug-likeness (QED) is 0.714. The molecule has 0 saturated heterocycles. The normalized spacial score (nSPS) is 20.4. The van der Waals surface area contributed by atoms with Crippen molar-refractivity contribution in [1.82, 2.24) is 15.3 Å². The van der Waals surface area contributed by atoms with Crippen molar-refractivity contribution in [3.8, 4) is 5.88 Å². The summed E-state index contributed by atoms with van der Waals surface area (Å²) >= 11 is 0. The molecular weight excluding hydrogens is 395 g/mol. The number of amides is 1. The summed E-state index contributed by atoms with van der Waals surface area (Å²) in [5.41, 5.74) is 0.321. The molecule has 162 valence electrons. The molecule has 2 heterocycles. The molecule has 1 aliphatic carbocycles. The fourth-order valence-corrected chi connectivity index (χ4v) is 4.11. The van der Waals surface area contributed by atoms with E-state index in [0.717, 1.165) is 38.2 Å². The third-order valence-corrected chi connectivity index (χ3v) is 5.83. The number of halogens is 3. The van der Waals surface area contributed by atoms with Crippen LogP contribution >= 0.6 is 0 Å². The van der Waals surface area contributed by atoms with Crippen LogP contribution in [0.3, 0.4) is 0 Å². The highest BCUT2D eigenvalue weighted by Crippen LogP contribution is 2.38. The number of aromatic nitrogens is 2. The Morgan fingerprint density at radius 2 is 1.93 bits per heavy atom. The predicted octanol–water partition coefficient (Wildman–Crippen LogP) is 4.99. The molecule has 1 amide bonds. The third-order valence-electron chi connectivity index (χ3n) is 5.83. The second kappa shape index (κ2) is 9.45. The summed E-state index contributed by atoms with van der Waals surface area (Å²) in [5, 5.41) is 3.09. The van der Waals surface area contributed by atoms with Gasteiger partial charge in [0.2, 0.25) is 5.88 Å². The molecule has 0 aromatic carbocycles. The van der Waals surface area contributed by atoms with E-state index in [1.54, 1.807) is 12.1 Å². The molecule has 1 aliphatic rings. The molecule has 0 radical (unpaired) electrons. The molecule has 2 aromatic heterocycles. The van der Waals surface area contributed by atoms with Gasteiger partial charge in [-0.3, -0.25) is 9.78 Å². The maximum Gasteiger partial charge on any atom is 0.416 e. The average Bonchev–Trinajstić information content (AvgIpc) is 2.77. The van der Waals surface area contributed by atoms with Crippen LogP contribution in [-0.2, 0) is 6.18 Å². The van der Waals surface area contributed by atoms with Gasteiger partial charge in [0.05, 0.1) is 18.2 Å². The van der Waals surface area contributed by atoms with Crippen LogP contribution in [-0.4, -0.2) is 29.0 Å². The lowest BCUT2D eigenvalue weighted by Gasteiger charge is -2.34. The number of ether oxygens (including phenoxy) is 1. The van der Waals surface area contributed by atoms with Crippen molar-refractivity contribution in [2.45, 2.75) is 57.2 Å². The zero-order chi connectivity index (χ0) is 21.7. The standard InChI is InChI=1S/C22H26F3N3O2/c1-3-18(28-21(29)16-8-9-20(30-2)27-13-16)14-4-6-15(7-5-14)19-12-17(10-11-26-19)22(23,24)25/h8-15,18H,3-7H2,1-2H3,(H,28,29)/t14-,15+,18-/m0/s1. The number of hydrogen-bond acceptors (Lipinski definition) is 4. The summed E-state index contributed by atoms with van der Waals surface area (Å²) in [6, 6.07) is 5.50. The third kappa shape index (κ3) is 5.29.